The van der Waals surface area contributed by atoms with E-state index in [-0.39, 0.29) is 0 Å². The lowest BCUT2D eigenvalue weighted by molar-refractivity contribution is 0.716. The average molecular weight is 444 g/mol. The maximum Gasteiger partial charge on any atom is 0.0897 e. The molecule has 3 rings (SSSR count). The van der Waals surface area contributed by atoms with Crippen LogP contribution >= 0.6 is 0 Å². The number of aromatic nitrogens is 3. The molecule has 0 radical (unpaired) electrons. The highest BCUT2D eigenvalue weighted by Gasteiger charge is 2.11. The summed E-state index contributed by atoms with van der Waals surface area (Å²) >= 11 is 0. The number of unbranched alkanes of at least 4 members (excludes halogenated alkanes) is 6. The Bertz CT molecular complexity index is 908. The van der Waals surface area contributed by atoms with Crippen molar-refractivity contribution in [2.24, 2.45) is 0 Å². The van der Waals surface area contributed by atoms with Crippen LogP contribution in [0.1, 0.15) is 95.2 Å². The second-order valence-corrected chi connectivity index (χ2v) is 9.22. The Morgan fingerprint density at radius 2 is 0.879 bits per heavy atom. The van der Waals surface area contributed by atoms with Gasteiger partial charge in [0.05, 0.1) is 22.8 Å². The van der Waals surface area contributed by atoms with Crippen LogP contribution in [0.3, 0.4) is 0 Å². The standard InChI is InChI=1S/C30H41N3/c1-4-7-10-13-24-16-18-31-27(20-24)29-22-26(15-12-9-6-3)23-30(33-29)28-21-25(17-19-32-28)14-11-8-5-2/h16-23H,4-15H2,1-3H3. The van der Waals surface area contributed by atoms with Crippen molar-refractivity contribution in [1.82, 2.24) is 15.0 Å². The van der Waals surface area contributed by atoms with E-state index >= 15 is 0 Å². The van der Waals surface area contributed by atoms with Crippen molar-refractivity contribution >= 4 is 0 Å². The van der Waals surface area contributed by atoms with Gasteiger partial charge in [-0.3, -0.25) is 9.97 Å². The van der Waals surface area contributed by atoms with Crippen LogP contribution in [0.4, 0.5) is 0 Å². The van der Waals surface area contributed by atoms with Crippen LogP contribution in [-0.4, -0.2) is 15.0 Å². The van der Waals surface area contributed by atoms with E-state index in [9.17, 15) is 0 Å². The van der Waals surface area contributed by atoms with E-state index in [1.165, 1.54) is 74.5 Å². The van der Waals surface area contributed by atoms with Crippen molar-refractivity contribution in [3.8, 4) is 22.8 Å². The predicted molar refractivity (Wildman–Crippen MR) is 140 cm³/mol. The summed E-state index contributed by atoms with van der Waals surface area (Å²) in [6.45, 7) is 6.76. The van der Waals surface area contributed by atoms with Crippen molar-refractivity contribution in [3.05, 3.63) is 65.5 Å². The number of hydrogen-bond acceptors (Lipinski definition) is 3. The van der Waals surface area contributed by atoms with Gasteiger partial charge in [0, 0.05) is 12.4 Å². The Morgan fingerprint density at radius 1 is 0.485 bits per heavy atom. The van der Waals surface area contributed by atoms with E-state index in [0.717, 1.165) is 42.0 Å². The summed E-state index contributed by atoms with van der Waals surface area (Å²) in [7, 11) is 0. The Kier molecular flexibility index (Phi) is 10.5. The first-order valence-corrected chi connectivity index (χ1v) is 13.1. The van der Waals surface area contributed by atoms with Gasteiger partial charge in [-0.2, -0.15) is 0 Å². The van der Waals surface area contributed by atoms with Crippen molar-refractivity contribution in [2.75, 3.05) is 0 Å². The molecule has 0 aliphatic heterocycles. The first kappa shape index (κ1) is 25.1. The number of hydrogen-bond donors (Lipinski definition) is 0. The number of aryl methyl sites for hydroxylation is 3. The summed E-state index contributed by atoms with van der Waals surface area (Å²) in [4.78, 5) is 14.4. The highest BCUT2D eigenvalue weighted by atomic mass is 14.8. The first-order chi connectivity index (χ1) is 16.2. The maximum atomic E-state index is 5.05. The molecule has 0 unspecified atom stereocenters. The van der Waals surface area contributed by atoms with Crippen LogP contribution < -0.4 is 0 Å². The fourth-order valence-electron chi connectivity index (χ4n) is 4.27. The zero-order valence-electron chi connectivity index (χ0n) is 20.9. The van der Waals surface area contributed by atoms with Gasteiger partial charge >= 0.3 is 0 Å². The summed E-state index contributed by atoms with van der Waals surface area (Å²) in [5.41, 5.74) is 7.92. The van der Waals surface area contributed by atoms with Gasteiger partial charge in [0.25, 0.3) is 0 Å². The van der Waals surface area contributed by atoms with Crippen LogP contribution in [0.25, 0.3) is 22.8 Å². The number of pyridine rings is 3. The van der Waals surface area contributed by atoms with Gasteiger partial charge in [0.2, 0.25) is 0 Å². The molecule has 0 atom stereocenters. The summed E-state index contributed by atoms with van der Waals surface area (Å²) in [6.07, 6.45) is 18.3. The van der Waals surface area contributed by atoms with Gasteiger partial charge in [0.15, 0.2) is 0 Å². The molecule has 33 heavy (non-hydrogen) atoms. The van der Waals surface area contributed by atoms with E-state index in [0.29, 0.717) is 0 Å². The molecule has 0 saturated heterocycles. The molecular weight excluding hydrogens is 402 g/mol. The summed E-state index contributed by atoms with van der Waals surface area (Å²) in [5.74, 6) is 0. The first-order valence-electron chi connectivity index (χ1n) is 13.1. The van der Waals surface area contributed by atoms with Crippen LogP contribution in [0.2, 0.25) is 0 Å². The summed E-state index contributed by atoms with van der Waals surface area (Å²) in [5, 5.41) is 0. The molecule has 0 aliphatic carbocycles. The third-order valence-corrected chi connectivity index (χ3v) is 6.27. The van der Waals surface area contributed by atoms with Gasteiger partial charge in [-0.25, -0.2) is 4.98 Å². The van der Waals surface area contributed by atoms with E-state index in [4.69, 9.17) is 15.0 Å². The molecule has 0 N–H and O–H groups in total. The van der Waals surface area contributed by atoms with E-state index < -0.39 is 0 Å². The van der Waals surface area contributed by atoms with Crippen molar-refractivity contribution < 1.29 is 0 Å². The fraction of sp³-hybridized carbons (Fsp3) is 0.500. The van der Waals surface area contributed by atoms with Crippen molar-refractivity contribution in [1.29, 1.82) is 0 Å². The SMILES string of the molecule is CCCCCc1ccnc(-c2cc(CCCCC)cc(-c3cc(CCCCC)ccn3)n2)c1. The minimum Gasteiger partial charge on any atom is -0.255 e. The van der Waals surface area contributed by atoms with Gasteiger partial charge in [0.1, 0.15) is 0 Å². The lowest BCUT2D eigenvalue weighted by Gasteiger charge is -2.11. The van der Waals surface area contributed by atoms with Gasteiger partial charge in [-0.05, 0) is 91.6 Å². The molecule has 3 heterocycles. The molecule has 176 valence electrons. The topological polar surface area (TPSA) is 38.7 Å². The molecule has 0 saturated carbocycles. The molecule has 0 aliphatic rings. The molecule has 3 heteroatoms. The monoisotopic (exact) mass is 443 g/mol. The van der Waals surface area contributed by atoms with Crippen molar-refractivity contribution in [3.63, 3.8) is 0 Å². The maximum absolute atomic E-state index is 5.05. The van der Waals surface area contributed by atoms with Gasteiger partial charge in [-0.1, -0.05) is 59.3 Å². The third-order valence-electron chi connectivity index (χ3n) is 6.27. The quantitative estimate of drug-likeness (QED) is 0.235. The lowest BCUT2D eigenvalue weighted by atomic mass is 10.0. The van der Waals surface area contributed by atoms with E-state index in [1.54, 1.807) is 0 Å². The smallest absolute Gasteiger partial charge is 0.0897 e. The minimum absolute atomic E-state index is 0.967. The molecule has 0 aromatic carbocycles. The third kappa shape index (κ3) is 8.07. The van der Waals surface area contributed by atoms with Crippen molar-refractivity contribution in [2.45, 2.75) is 97.8 Å². The summed E-state index contributed by atoms with van der Waals surface area (Å²) in [6, 6.07) is 13.2. The molecule has 0 fully saturated rings. The fourth-order valence-corrected chi connectivity index (χ4v) is 4.27. The number of rotatable bonds is 14. The highest BCUT2D eigenvalue weighted by Crippen LogP contribution is 2.25. The molecule has 0 bridgehead atoms. The second kappa shape index (κ2) is 13.9. The molecule has 3 nitrogen and oxygen atoms in total. The van der Waals surface area contributed by atoms with Gasteiger partial charge in [-0.15, -0.1) is 0 Å². The normalized spacial score (nSPS) is 11.1. The van der Waals surface area contributed by atoms with Crippen LogP contribution in [-0.2, 0) is 19.3 Å². The Hall–Kier alpha value is -2.55. The molecule has 0 amide bonds. The summed E-state index contributed by atoms with van der Waals surface area (Å²) < 4.78 is 0. The zero-order chi connectivity index (χ0) is 23.3. The second-order valence-electron chi connectivity index (χ2n) is 9.22. The number of nitrogens with zero attached hydrogens (tertiary/aromatic N) is 3. The average Bonchev–Trinajstić information content (AvgIpc) is 2.85. The van der Waals surface area contributed by atoms with Crippen LogP contribution in [0.5, 0.6) is 0 Å². The zero-order valence-corrected chi connectivity index (χ0v) is 20.9. The molecule has 3 aromatic rings. The Morgan fingerprint density at radius 3 is 1.30 bits per heavy atom. The minimum atomic E-state index is 0.967. The van der Waals surface area contributed by atoms with Crippen LogP contribution in [0.15, 0.2) is 48.8 Å². The Balaban J connectivity index is 1.92. The van der Waals surface area contributed by atoms with E-state index in [1.807, 2.05) is 12.4 Å². The van der Waals surface area contributed by atoms with E-state index in [2.05, 4.69) is 57.2 Å². The van der Waals surface area contributed by atoms with Gasteiger partial charge < -0.3 is 0 Å². The predicted octanol–water partition coefficient (Wildman–Crippen LogP) is 8.40. The van der Waals surface area contributed by atoms with Crippen LogP contribution in [0, 0.1) is 0 Å². The Labute approximate surface area is 201 Å². The lowest BCUT2D eigenvalue weighted by Crippen LogP contribution is -1.98. The molecule has 0 spiro atoms. The highest BCUT2D eigenvalue weighted by molar-refractivity contribution is 5.64. The molecular formula is C30H41N3. The molecule has 3 aromatic heterocycles. The largest absolute Gasteiger partial charge is 0.255 e.